The van der Waals surface area contributed by atoms with Gasteiger partial charge in [-0.15, -0.1) is 0 Å². The molecule has 3 aromatic carbocycles. The molecular weight excluding hydrogens is 354 g/mol. The molecule has 5 heteroatoms. The summed E-state index contributed by atoms with van der Waals surface area (Å²) in [5.41, 5.74) is 1.46. The fraction of sp³-hybridized carbons (Fsp3) is 0.130. The number of hydrogen-bond acceptors (Lipinski definition) is 4. The molecule has 0 radical (unpaired) electrons. The van der Waals surface area contributed by atoms with Crippen molar-refractivity contribution in [3.63, 3.8) is 0 Å². The number of phenols is 1. The van der Waals surface area contributed by atoms with E-state index < -0.39 is 17.9 Å². The Morgan fingerprint density at radius 1 is 1.04 bits per heavy atom. The van der Waals surface area contributed by atoms with Crippen LogP contribution in [0.1, 0.15) is 11.1 Å². The molecule has 0 heterocycles. The summed E-state index contributed by atoms with van der Waals surface area (Å²) in [5.74, 6) is -0.881. The number of phenolic OH excluding ortho intramolecular Hbond substituents is 1. The molecule has 0 aliphatic rings. The number of hydrogen-bond donors (Lipinski definition) is 2. The second-order valence-corrected chi connectivity index (χ2v) is 6.33. The van der Waals surface area contributed by atoms with Gasteiger partial charge in [-0.2, -0.15) is 0 Å². The van der Waals surface area contributed by atoms with Crippen LogP contribution in [-0.2, 0) is 20.7 Å². The summed E-state index contributed by atoms with van der Waals surface area (Å²) in [6.07, 6.45) is 3.18. The maximum absolute atomic E-state index is 12.4. The second kappa shape index (κ2) is 8.86. The van der Waals surface area contributed by atoms with Gasteiger partial charge in [0.2, 0.25) is 5.91 Å². The number of aromatic hydroxyl groups is 1. The fourth-order valence-electron chi connectivity index (χ4n) is 3.02. The van der Waals surface area contributed by atoms with E-state index in [1.807, 2.05) is 60.7 Å². The second-order valence-electron chi connectivity index (χ2n) is 6.33. The largest absolute Gasteiger partial charge is 0.507 e. The molecule has 0 saturated heterocycles. The summed E-state index contributed by atoms with van der Waals surface area (Å²) in [5, 5.41) is 14.6. The standard InChI is InChI=1S/C23H21NO4/c1-28-23(27)20(15-16-7-3-2-4-8-16)24-22(26)14-12-19-18-10-6-5-9-17(18)11-13-21(19)25/h2-14,20,25H,15H2,1H3,(H,24,26)/b14-12+/t20-/m0/s1. The molecule has 0 bridgehead atoms. The summed E-state index contributed by atoms with van der Waals surface area (Å²) in [7, 11) is 1.29. The normalized spacial score (nSPS) is 12.0. The van der Waals surface area contributed by atoms with Crippen molar-refractivity contribution in [2.75, 3.05) is 7.11 Å². The van der Waals surface area contributed by atoms with Gasteiger partial charge in [0, 0.05) is 18.1 Å². The van der Waals surface area contributed by atoms with Crippen molar-refractivity contribution in [2.45, 2.75) is 12.5 Å². The first-order valence-electron chi connectivity index (χ1n) is 8.89. The molecule has 0 fully saturated rings. The van der Waals surface area contributed by atoms with Gasteiger partial charge in [0.05, 0.1) is 7.11 Å². The Labute approximate surface area is 163 Å². The zero-order valence-corrected chi connectivity index (χ0v) is 15.5. The highest BCUT2D eigenvalue weighted by Crippen LogP contribution is 2.28. The van der Waals surface area contributed by atoms with Gasteiger partial charge in [-0.25, -0.2) is 4.79 Å². The topological polar surface area (TPSA) is 75.6 Å². The fourth-order valence-corrected chi connectivity index (χ4v) is 3.02. The van der Waals surface area contributed by atoms with Crippen LogP contribution in [0.2, 0.25) is 0 Å². The molecule has 5 nitrogen and oxygen atoms in total. The Morgan fingerprint density at radius 2 is 1.75 bits per heavy atom. The van der Waals surface area contributed by atoms with Crippen LogP contribution in [-0.4, -0.2) is 30.1 Å². The Kier molecular flexibility index (Phi) is 6.07. The summed E-state index contributed by atoms with van der Waals surface area (Å²) < 4.78 is 4.81. The lowest BCUT2D eigenvalue weighted by atomic mass is 10.0. The third kappa shape index (κ3) is 4.57. The Morgan fingerprint density at radius 3 is 2.50 bits per heavy atom. The lowest BCUT2D eigenvalue weighted by Gasteiger charge is -2.15. The van der Waals surface area contributed by atoms with E-state index in [4.69, 9.17) is 4.74 Å². The molecule has 142 valence electrons. The predicted molar refractivity (Wildman–Crippen MR) is 109 cm³/mol. The number of fused-ring (bicyclic) bond motifs is 1. The number of ether oxygens (including phenoxy) is 1. The van der Waals surface area contributed by atoms with Crippen LogP contribution in [0.15, 0.2) is 72.8 Å². The summed E-state index contributed by atoms with van der Waals surface area (Å²) >= 11 is 0. The van der Waals surface area contributed by atoms with Crippen LogP contribution in [0.25, 0.3) is 16.8 Å². The maximum atomic E-state index is 12.4. The first-order chi connectivity index (χ1) is 13.6. The summed E-state index contributed by atoms with van der Waals surface area (Å²) in [4.78, 5) is 24.5. The maximum Gasteiger partial charge on any atom is 0.328 e. The lowest BCUT2D eigenvalue weighted by Crippen LogP contribution is -2.42. The highest BCUT2D eigenvalue weighted by atomic mass is 16.5. The molecule has 0 aliphatic carbocycles. The van der Waals surface area contributed by atoms with E-state index in [1.165, 1.54) is 13.2 Å². The van der Waals surface area contributed by atoms with Crippen molar-refractivity contribution in [1.29, 1.82) is 0 Å². The minimum Gasteiger partial charge on any atom is -0.507 e. The third-order valence-electron chi connectivity index (χ3n) is 4.43. The number of carbonyl (C=O) groups excluding carboxylic acids is 2. The number of amides is 1. The zero-order chi connectivity index (χ0) is 19.9. The minimum absolute atomic E-state index is 0.0801. The van der Waals surface area contributed by atoms with Crippen molar-refractivity contribution in [1.82, 2.24) is 5.32 Å². The molecular formula is C23H21NO4. The van der Waals surface area contributed by atoms with Crippen molar-refractivity contribution in [2.24, 2.45) is 0 Å². The SMILES string of the molecule is COC(=O)[C@H](Cc1ccccc1)NC(=O)/C=C/c1c(O)ccc2ccccc12. The van der Waals surface area contributed by atoms with Crippen molar-refractivity contribution in [3.8, 4) is 5.75 Å². The summed E-state index contributed by atoms with van der Waals surface area (Å²) in [6.45, 7) is 0. The van der Waals surface area contributed by atoms with Crippen molar-refractivity contribution in [3.05, 3.63) is 83.9 Å². The molecule has 0 unspecified atom stereocenters. The van der Waals surface area contributed by atoms with Crippen LogP contribution < -0.4 is 5.32 Å². The average molecular weight is 375 g/mol. The van der Waals surface area contributed by atoms with E-state index in [0.717, 1.165) is 16.3 Å². The molecule has 0 aliphatic heterocycles. The van der Waals surface area contributed by atoms with E-state index in [2.05, 4.69) is 5.32 Å². The average Bonchev–Trinajstić information content (AvgIpc) is 2.72. The van der Waals surface area contributed by atoms with E-state index in [0.29, 0.717) is 12.0 Å². The molecule has 0 spiro atoms. The number of rotatable bonds is 6. The van der Waals surface area contributed by atoms with Crippen LogP contribution in [0, 0.1) is 0 Å². The van der Waals surface area contributed by atoms with Gasteiger partial charge in [0.1, 0.15) is 11.8 Å². The molecule has 1 amide bonds. The van der Waals surface area contributed by atoms with E-state index in [1.54, 1.807) is 12.1 Å². The van der Waals surface area contributed by atoms with Crippen molar-refractivity contribution < 1.29 is 19.4 Å². The molecule has 3 aromatic rings. The number of nitrogens with one attached hydrogen (secondary N) is 1. The van der Waals surface area contributed by atoms with Crippen molar-refractivity contribution >= 4 is 28.7 Å². The van der Waals surface area contributed by atoms with Gasteiger partial charge in [-0.1, -0.05) is 60.7 Å². The first-order valence-corrected chi connectivity index (χ1v) is 8.89. The molecule has 2 N–H and O–H groups in total. The van der Waals surface area contributed by atoms with Gasteiger partial charge in [-0.05, 0) is 28.5 Å². The van der Waals surface area contributed by atoms with Crippen LogP contribution in [0.5, 0.6) is 5.75 Å². The van der Waals surface area contributed by atoms with Gasteiger partial charge >= 0.3 is 5.97 Å². The number of carbonyl (C=O) groups is 2. The minimum atomic E-state index is -0.800. The van der Waals surface area contributed by atoms with E-state index in [-0.39, 0.29) is 5.75 Å². The van der Waals surface area contributed by atoms with Gasteiger partial charge in [0.15, 0.2) is 0 Å². The van der Waals surface area contributed by atoms with E-state index in [9.17, 15) is 14.7 Å². The molecule has 1 atom stereocenters. The predicted octanol–water partition coefficient (Wildman–Crippen LogP) is 3.46. The molecule has 28 heavy (non-hydrogen) atoms. The van der Waals surface area contributed by atoms with E-state index >= 15 is 0 Å². The Hall–Kier alpha value is -3.60. The Balaban J connectivity index is 1.78. The molecule has 3 rings (SSSR count). The molecule has 0 aromatic heterocycles. The first kappa shape index (κ1) is 19.2. The molecule has 0 saturated carbocycles. The summed E-state index contributed by atoms with van der Waals surface area (Å²) in [6, 6.07) is 19.6. The quantitative estimate of drug-likeness (QED) is 0.511. The number of benzene rings is 3. The lowest BCUT2D eigenvalue weighted by molar-refractivity contribution is -0.144. The third-order valence-corrected chi connectivity index (χ3v) is 4.43. The van der Waals surface area contributed by atoms with Gasteiger partial charge in [-0.3, -0.25) is 4.79 Å². The van der Waals surface area contributed by atoms with Crippen LogP contribution in [0.3, 0.4) is 0 Å². The van der Waals surface area contributed by atoms with Gasteiger partial charge < -0.3 is 15.2 Å². The number of methoxy groups -OCH3 is 1. The van der Waals surface area contributed by atoms with Crippen LogP contribution >= 0.6 is 0 Å². The number of esters is 1. The highest BCUT2D eigenvalue weighted by Gasteiger charge is 2.21. The zero-order valence-electron chi connectivity index (χ0n) is 15.5. The van der Waals surface area contributed by atoms with Gasteiger partial charge in [0.25, 0.3) is 0 Å². The smallest absolute Gasteiger partial charge is 0.328 e. The van der Waals surface area contributed by atoms with Crippen LogP contribution in [0.4, 0.5) is 0 Å². The monoisotopic (exact) mass is 375 g/mol. The highest BCUT2D eigenvalue weighted by molar-refractivity contribution is 5.99. The Bertz CT molecular complexity index is 1010.